The van der Waals surface area contributed by atoms with Gasteiger partial charge in [-0.3, -0.25) is 0 Å². The van der Waals surface area contributed by atoms with Crippen LogP contribution in [0.1, 0.15) is 0 Å². The number of nitrogens with zero attached hydrogens (tertiary/aromatic N) is 5. The van der Waals surface area contributed by atoms with Crippen LogP contribution in [-0.2, 0) is 0 Å². The largest absolute Gasteiger partial charge is 0.309 e. The highest BCUT2D eigenvalue weighted by Gasteiger charge is 2.28. The van der Waals surface area contributed by atoms with Crippen LogP contribution >= 0.6 is 0 Å². The van der Waals surface area contributed by atoms with E-state index >= 15 is 0 Å². The van der Waals surface area contributed by atoms with E-state index in [1.54, 1.807) is 0 Å². The number of hydrogen-bond acceptors (Lipinski definition) is 0. The molecule has 28 aromatic rings. The van der Waals surface area contributed by atoms with Crippen molar-refractivity contribution in [2.45, 2.75) is 0 Å². The summed E-state index contributed by atoms with van der Waals surface area (Å²) < 4.78 is 12.3. The Hall–Kier alpha value is -17.6. The molecule has 133 heavy (non-hydrogen) atoms. The zero-order chi connectivity index (χ0) is 87.3. The molecule has 1 aliphatic rings. The molecule has 0 aliphatic heterocycles. The topological polar surface area (TPSA) is 24.1 Å². The quantitative estimate of drug-likeness (QED) is 0.130. The summed E-state index contributed by atoms with van der Waals surface area (Å²) in [6, 6.07) is 179. The SMILES string of the molecule is c1ccc(-c2ccccc2-c2ccc(-n3c4cccc5c4c4c6c(cccc6ccc43)-c3ccccc3-5)cc2)cc1.c1ccc(-c2ccccc2-c2ccc(-n3c4cccc5c6ccccc6n6c7ccccc7c7ccc3c(c54)c76)cc2)cc1.c1ccc(-c2ccccc2-c2ccc(-n3c4ccccc4c4cc5c6c7ccccc7ccc6n(-c6ccccc6)c5cc43)cc2)cc1. The molecular weight excluding hydrogens is 1610 g/mol. The number of aromatic nitrogens is 5. The molecule has 0 unspecified atom stereocenters. The summed E-state index contributed by atoms with van der Waals surface area (Å²) in [5.74, 6) is 0. The van der Waals surface area contributed by atoms with Gasteiger partial charge in [0.2, 0.25) is 0 Å². The van der Waals surface area contributed by atoms with Crippen molar-refractivity contribution < 1.29 is 0 Å². The maximum atomic E-state index is 2.50. The summed E-state index contributed by atoms with van der Waals surface area (Å²) in [5, 5.41) is 20.7. The molecule has 0 bridgehead atoms. The highest BCUT2D eigenvalue weighted by atomic mass is 15.0. The standard InChI is InChI=1S/C46H30N2.C42H26N2.C40H25N/c1-3-13-31(14-4-1)36-18-9-10-19-37(36)33-23-26-35(27-24-33)47-42-22-12-11-21-39(42)40-29-41-45(30-44(40)47)48(34-16-5-2-6-17-34)43-28-25-32-15-7-8-20-38(32)46(41)43;1-2-11-27(12-3-1)30-13-4-5-14-31(30)28-21-23-29(24-22-28)43-38-20-10-17-34-32-15-6-8-18-36(32)44-37-19-9-7-16-33(37)35-25-26-39(43)41(40(34)38)42(35)44;1-2-10-26(11-3-1)30-13-4-5-14-31(30)27-20-23-29(24-21-27)41-36-19-9-18-35-33-16-7-6-15-32(33)34-17-8-12-28-22-25-37(41)40(38(28)34)39(35)36/h1-30H;1-26H;1-25H. The summed E-state index contributed by atoms with van der Waals surface area (Å²) in [4.78, 5) is 0. The molecule has 6 heterocycles. The van der Waals surface area contributed by atoms with Crippen LogP contribution in [0.25, 0.3) is 259 Å². The minimum Gasteiger partial charge on any atom is -0.309 e. The van der Waals surface area contributed by atoms with Gasteiger partial charge in [-0.15, -0.1) is 0 Å². The fraction of sp³-hybridized carbons (Fsp3) is 0. The molecule has 1 aliphatic carbocycles. The van der Waals surface area contributed by atoms with Crippen LogP contribution in [0.4, 0.5) is 0 Å². The Kier molecular flexibility index (Phi) is 17.3. The van der Waals surface area contributed by atoms with Crippen LogP contribution in [0.2, 0.25) is 0 Å². The van der Waals surface area contributed by atoms with E-state index in [1.807, 2.05) is 0 Å². The van der Waals surface area contributed by atoms with Gasteiger partial charge in [-0.1, -0.05) is 382 Å². The predicted molar refractivity (Wildman–Crippen MR) is 563 cm³/mol. The molecule has 5 heteroatoms. The second-order valence-electron chi connectivity index (χ2n) is 35.2. The zero-order valence-corrected chi connectivity index (χ0v) is 72.5. The van der Waals surface area contributed by atoms with E-state index in [0.717, 1.165) is 11.4 Å². The average molecular weight is 1690 g/mol. The van der Waals surface area contributed by atoms with Crippen LogP contribution in [0.3, 0.4) is 0 Å². The van der Waals surface area contributed by atoms with Gasteiger partial charge < -0.3 is 22.7 Å². The van der Waals surface area contributed by atoms with Gasteiger partial charge in [0.1, 0.15) is 0 Å². The third-order valence-corrected chi connectivity index (χ3v) is 28.1. The first-order valence-electron chi connectivity index (χ1n) is 45.9. The lowest BCUT2D eigenvalue weighted by atomic mass is 9.93. The average Bonchev–Trinajstić information content (AvgIpc) is 1.53. The molecule has 0 saturated heterocycles. The summed E-state index contributed by atoms with van der Waals surface area (Å²) in [6.45, 7) is 0. The van der Waals surface area contributed by atoms with Crippen molar-refractivity contribution >= 4 is 147 Å². The van der Waals surface area contributed by atoms with E-state index in [2.05, 4.69) is 514 Å². The first-order chi connectivity index (χ1) is 66.1. The molecule has 0 spiro atoms. The fourth-order valence-corrected chi connectivity index (χ4v) is 22.4. The molecule has 5 nitrogen and oxygen atoms in total. The first kappa shape index (κ1) is 75.5. The number of benzene rings is 22. The Balaban J connectivity index is 0.000000102. The number of rotatable bonds is 10. The molecule has 22 aromatic carbocycles. The van der Waals surface area contributed by atoms with Crippen LogP contribution in [0, 0.1) is 0 Å². The molecular formula is C128H81N5. The fourth-order valence-electron chi connectivity index (χ4n) is 22.4. The Morgan fingerprint density at radius 2 is 0.436 bits per heavy atom. The van der Waals surface area contributed by atoms with Crippen molar-refractivity contribution in [1.82, 2.24) is 22.7 Å². The van der Waals surface area contributed by atoms with Crippen molar-refractivity contribution in [3.63, 3.8) is 0 Å². The minimum absolute atomic E-state index is 1.15. The van der Waals surface area contributed by atoms with Gasteiger partial charge in [0.25, 0.3) is 0 Å². The van der Waals surface area contributed by atoms with Crippen LogP contribution in [0.15, 0.2) is 491 Å². The Morgan fingerprint density at radius 1 is 0.120 bits per heavy atom. The molecule has 0 N–H and O–H groups in total. The third kappa shape index (κ3) is 11.8. The maximum Gasteiger partial charge on any atom is 0.0641 e. The van der Waals surface area contributed by atoms with E-state index in [4.69, 9.17) is 0 Å². The van der Waals surface area contributed by atoms with Gasteiger partial charge in [0.15, 0.2) is 0 Å². The van der Waals surface area contributed by atoms with E-state index in [1.165, 1.54) is 247 Å². The van der Waals surface area contributed by atoms with Gasteiger partial charge >= 0.3 is 0 Å². The maximum absolute atomic E-state index is 2.50. The molecule has 0 radical (unpaired) electrons. The lowest BCUT2D eigenvalue weighted by molar-refractivity contribution is 1.16. The zero-order valence-electron chi connectivity index (χ0n) is 72.5. The minimum atomic E-state index is 1.15. The highest BCUT2D eigenvalue weighted by molar-refractivity contribution is 6.34. The Labute approximate surface area is 767 Å². The van der Waals surface area contributed by atoms with Gasteiger partial charge in [-0.25, -0.2) is 0 Å². The molecule has 6 aromatic heterocycles. The molecule has 0 atom stereocenters. The third-order valence-electron chi connectivity index (χ3n) is 28.1. The summed E-state index contributed by atoms with van der Waals surface area (Å²) in [5.41, 5.74) is 38.2. The second-order valence-corrected chi connectivity index (χ2v) is 35.2. The Bertz CT molecular complexity index is 9520. The predicted octanol–water partition coefficient (Wildman–Crippen LogP) is 34.6. The molecule has 0 fully saturated rings. The molecule has 0 saturated carbocycles. The van der Waals surface area contributed by atoms with E-state index < -0.39 is 0 Å². The number of fused-ring (bicyclic) bond motifs is 17. The number of para-hydroxylation sites is 4. The van der Waals surface area contributed by atoms with Crippen molar-refractivity contribution in [2.24, 2.45) is 0 Å². The summed E-state index contributed by atoms with van der Waals surface area (Å²) in [6.07, 6.45) is 0. The summed E-state index contributed by atoms with van der Waals surface area (Å²) >= 11 is 0. The van der Waals surface area contributed by atoms with Crippen LogP contribution in [-0.4, -0.2) is 22.7 Å². The molecule has 29 rings (SSSR count). The summed E-state index contributed by atoms with van der Waals surface area (Å²) in [7, 11) is 0. The van der Waals surface area contributed by atoms with Crippen LogP contribution in [0.5, 0.6) is 0 Å². The smallest absolute Gasteiger partial charge is 0.0641 e. The first-order valence-corrected chi connectivity index (χ1v) is 45.9. The normalized spacial score (nSPS) is 11.9. The van der Waals surface area contributed by atoms with Gasteiger partial charge in [-0.05, 0) is 225 Å². The van der Waals surface area contributed by atoms with Crippen molar-refractivity contribution in [3.05, 3.63) is 491 Å². The van der Waals surface area contributed by atoms with Gasteiger partial charge in [-0.2, -0.15) is 0 Å². The molecule has 618 valence electrons. The van der Waals surface area contributed by atoms with Gasteiger partial charge in [0.05, 0.1) is 60.7 Å². The second kappa shape index (κ2) is 30.5. The van der Waals surface area contributed by atoms with E-state index in [9.17, 15) is 0 Å². The van der Waals surface area contributed by atoms with E-state index in [-0.39, 0.29) is 0 Å². The lowest BCUT2D eigenvalue weighted by Gasteiger charge is -2.14. The highest BCUT2D eigenvalue weighted by Crippen LogP contribution is 2.52. The van der Waals surface area contributed by atoms with Crippen molar-refractivity contribution in [1.29, 1.82) is 0 Å². The van der Waals surface area contributed by atoms with Gasteiger partial charge in [0, 0.05) is 82.0 Å². The number of hydrogen-bond donors (Lipinski definition) is 0. The van der Waals surface area contributed by atoms with Crippen molar-refractivity contribution in [2.75, 3.05) is 0 Å². The van der Waals surface area contributed by atoms with Crippen LogP contribution < -0.4 is 0 Å². The van der Waals surface area contributed by atoms with E-state index in [0.29, 0.717) is 0 Å². The molecule has 0 amide bonds. The lowest BCUT2D eigenvalue weighted by Crippen LogP contribution is -1.96. The monoisotopic (exact) mass is 1690 g/mol. The van der Waals surface area contributed by atoms with Crippen molar-refractivity contribution in [3.8, 4) is 112 Å². The Morgan fingerprint density at radius 3 is 0.962 bits per heavy atom.